The van der Waals surface area contributed by atoms with E-state index in [9.17, 15) is 20.0 Å². The largest absolute Gasteiger partial charge is 0.481 e. The number of carbonyl (C=O) groups is 1. The van der Waals surface area contributed by atoms with Crippen LogP contribution in [0.2, 0.25) is 0 Å². The maximum Gasteiger partial charge on any atom is 0.303 e. The van der Waals surface area contributed by atoms with Crippen LogP contribution in [-0.4, -0.2) is 21.1 Å². The number of hydrogen-bond acceptors (Lipinski definition) is 4. The highest BCUT2D eigenvalue weighted by molar-refractivity contribution is 5.66. The molecule has 0 aliphatic rings. The minimum absolute atomic E-state index is 0.0228. The first-order valence-corrected chi connectivity index (χ1v) is 5.56. The van der Waals surface area contributed by atoms with E-state index < -0.39 is 17.0 Å². The van der Waals surface area contributed by atoms with Gasteiger partial charge in [0.15, 0.2) is 0 Å². The molecule has 0 bridgehead atoms. The molecule has 0 heterocycles. The molecular formula is C12H15NO5. The molecule has 6 nitrogen and oxygen atoms in total. The van der Waals surface area contributed by atoms with Crippen LogP contribution in [0.25, 0.3) is 0 Å². The predicted octanol–water partition coefficient (Wildman–Crippen LogP) is 2.19. The fraction of sp³-hybridized carbons (Fsp3) is 0.417. The molecule has 18 heavy (non-hydrogen) atoms. The zero-order valence-corrected chi connectivity index (χ0v) is 10.00. The van der Waals surface area contributed by atoms with Crippen molar-refractivity contribution in [3.8, 4) is 0 Å². The monoisotopic (exact) mass is 253 g/mol. The molecule has 0 saturated carbocycles. The van der Waals surface area contributed by atoms with Crippen molar-refractivity contribution in [2.45, 2.75) is 32.3 Å². The van der Waals surface area contributed by atoms with E-state index in [0.717, 1.165) is 0 Å². The van der Waals surface area contributed by atoms with Crippen molar-refractivity contribution in [1.29, 1.82) is 0 Å². The molecule has 0 aliphatic carbocycles. The smallest absolute Gasteiger partial charge is 0.303 e. The van der Waals surface area contributed by atoms with E-state index in [1.165, 1.54) is 6.07 Å². The van der Waals surface area contributed by atoms with Crippen molar-refractivity contribution in [2.75, 3.05) is 0 Å². The maximum atomic E-state index is 10.7. The van der Waals surface area contributed by atoms with E-state index in [-0.39, 0.29) is 18.5 Å². The van der Waals surface area contributed by atoms with Crippen LogP contribution in [0, 0.1) is 17.0 Å². The van der Waals surface area contributed by atoms with Crippen LogP contribution in [0.5, 0.6) is 0 Å². The lowest BCUT2D eigenvalue weighted by molar-refractivity contribution is -0.385. The summed E-state index contributed by atoms with van der Waals surface area (Å²) in [6.07, 6.45) is -0.293. The van der Waals surface area contributed by atoms with Crippen LogP contribution < -0.4 is 0 Å². The van der Waals surface area contributed by atoms with E-state index >= 15 is 0 Å². The van der Waals surface area contributed by atoms with Gasteiger partial charge in [-0.1, -0.05) is 12.1 Å². The van der Waals surface area contributed by atoms with Gasteiger partial charge in [0.2, 0.25) is 0 Å². The lowest BCUT2D eigenvalue weighted by atomic mass is 10.0. The Morgan fingerprint density at radius 2 is 2.17 bits per heavy atom. The van der Waals surface area contributed by atoms with Gasteiger partial charge in [-0.2, -0.15) is 0 Å². The van der Waals surface area contributed by atoms with Gasteiger partial charge in [-0.3, -0.25) is 14.9 Å². The molecule has 0 aliphatic heterocycles. The summed E-state index contributed by atoms with van der Waals surface area (Å²) in [7, 11) is 0. The number of aliphatic hydroxyl groups excluding tert-OH is 1. The second-order valence-electron chi connectivity index (χ2n) is 4.10. The third-order valence-electron chi connectivity index (χ3n) is 2.68. The summed E-state index contributed by atoms with van der Waals surface area (Å²) in [5, 5.41) is 29.0. The Bertz CT molecular complexity index is 458. The zero-order chi connectivity index (χ0) is 13.7. The fourth-order valence-electron chi connectivity index (χ4n) is 1.64. The van der Waals surface area contributed by atoms with Crippen molar-refractivity contribution in [1.82, 2.24) is 0 Å². The molecule has 1 rings (SSSR count). The Morgan fingerprint density at radius 1 is 1.50 bits per heavy atom. The van der Waals surface area contributed by atoms with E-state index in [1.807, 2.05) is 0 Å². The third-order valence-corrected chi connectivity index (χ3v) is 2.68. The van der Waals surface area contributed by atoms with Gasteiger partial charge in [0.1, 0.15) is 0 Å². The van der Waals surface area contributed by atoms with Gasteiger partial charge >= 0.3 is 5.97 Å². The lowest BCUT2D eigenvalue weighted by Crippen LogP contribution is -2.02. The minimum Gasteiger partial charge on any atom is -0.481 e. The number of hydrogen-bond donors (Lipinski definition) is 2. The summed E-state index contributed by atoms with van der Waals surface area (Å²) in [6, 6.07) is 4.53. The van der Waals surface area contributed by atoms with Crippen LogP contribution in [0.4, 0.5) is 5.69 Å². The number of aliphatic carboxylic acids is 1. The standard InChI is InChI=1S/C12H15NO5/c1-8-5-6-9(7-10(8)13(17)18)11(14)3-2-4-12(15)16/h5-7,11,14H,2-4H2,1H3,(H,15,16). The summed E-state index contributed by atoms with van der Waals surface area (Å²) in [5.74, 6) is -0.919. The van der Waals surface area contributed by atoms with E-state index in [2.05, 4.69) is 0 Å². The third kappa shape index (κ3) is 3.81. The Balaban J connectivity index is 2.74. The van der Waals surface area contributed by atoms with Gasteiger partial charge in [-0.25, -0.2) is 0 Å². The summed E-state index contributed by atoms with van der Waals surface area (Å²) < 4.78 is 0. The van der Waals surface area contributed by atoms with Crippen LogP contribution in [0.15, 0.2) is 18.2 Å². The average Bonchev–Trinajstić information content (AvgIpc) is 2.28. The van der Waals surface area contributed by atoms with E-state index in [1.54, 1.807) is 19.1 Å². The lowest BCUT2D eigenvalue weighted by Gasteiger charge is -2.10. The molecule has 0 saturated heterocycles. The molecule has 0 aromatic heterocycles. The molecule has 0 amide bonds. The van der Waals surface area contributed by atoms with Crippen molar-refractivity contribution in [3.05, 3.63) is 39.4 Å². The molecule has 0 radical (unpaired) electrons. The van der Waals surface area contributed by atoms with Gasteiger partial charge in [0.25, 0.3) is 5.69 Å². The van der Waals surface area contributed by atoms with Gasteiger partial charge in [-0.05, 0) is 25.3 Å². The van der Waals surface area contributed by atoms with Gasteiger partial charge in [0, 0.05) is 18.1 Å². The molecule has 0 fully saturated rings. The first-order chi connectivity index (χ1) is 8.41. The van der Waals surface area contributed by atoms with Crippen LogP contribution >= 0.6 is 0 Å². The molecule has 1 unspecified atom stereocenters. The number of aryl methyl sites for hydroxylation is 1. The normalized spacial score (nSPS) is 12.1. The number of rotatable bonds is 6. The highest BCUT2D eigenvalue weighted by Crippen LogP contribution is 2.25. The van der Waals surface area contributed by atoms with Crippen LogP contribution in [-0.2, 0) is 4.79 Å². The Morgan fingerprint density at radius 3 is 2.72 bits per heavy atom. The number of benzene rings is 1. The topological polar surface area (TPSA) is 101 Å². The number of carboxylic acid groups (broad SMARTS) is 1. The second-order valence-corrected chi connectivity index (χ2v) is 4.10. The average molecular weight is 253 g/mol. The number of aliphatic hydroxyl groups is 1. The molecule has 1 aromatic carbocycles. The molecule has 6 heteroatoms. The molecule has 0 spiro atoms. The number of nitro benzene ring substituents is 1. The molecule has 1 aromatic rings. The van der Waals surface area contributed by atoms with Gasteiger partial charge < -0.3 is 10.2 Å². The highest BCUT2D eigenvalue weighted by Gasteiger charge is 2.15. The van der Waals surface area contributed by atoms with Crippen LogP contribution in [0.1, 0.15) is 36.5 Å². The Kier molecular flexibility index (Phi) is 4.79. The zero-order valence-electron chi connectivity index (χ0n) is 10.00. The van der Waals surface area contributed by atoms with Crippen molar-refractivity contribution in [2.24, 2.45) is 0 Å². The summed E-state index contributed by atoms with van der Waals surface area (Å²) in [5.41, 5.74) is 0.934. The Labute approximate surface area is 104 Å². The van der Waals surface area contributed by atoms with Crippen molar-refractivity contribution < 1.29 is 19.9 Å². The summed E-state index contributed by atoms with van der Waals surface area (Å²) >= 11 is 0. The van der Waals surface area contributed by atoms with E-state index in [4.69, 9.17) is 5.11 Å². The SMILES string of the molecule is Cc1ccc(C(O)CCCC(=O)O)cc1[N+](=O)[O-]. The second kappa shape index (κ2) is 6.11. The summed E-state index contributed by atoms with van der Waals surface area (Å²) in [6.45, 7) is 1.62. The quantitative estimate of drug-likeness (QED) is 0.597. The number of nitro groups is 1. The molecule has 1 atom stereocenters. The highest BCUT2D eigenvalue weighted by atomic mass is 16.6. The Hall–Kier alpha value is -1.95. The molecular weight excluding hydrogens is 238 g/mol. The molecule has 2 N–H and O–H groups in total. The number of carboxylic acids is 1. The van der Waals surface area contributed by atoms with Gasteiger partial charge in [-0.15, -0.1) is 0 Å². The van der Waals surface area contributed by atoms with Crippen molar-refractivity contribution >= 4 is 11.7 Å². The minimum atomic E-state index is -0.919. The van der Waals surface area contributed by atoms with E-state index in [0.29, 0.717) is 17.5 Å². The van der Waals surface area contributed by atoms with Crippen LogP contribution in [0.3, 0.4) is 0 Å². The van der Waals surface area contributed by atoms with Crippen molar-refractivity contribution in [3.63, 3.8) is 0 Å². The van der Waals surface area contributed by atoms with Gasteiger partial charge in [0.05, 0.1) is 11.0 Å². The molecule has 98 valence electrons. The maximum absolute atomic E-state index is 10.7. The summed E-state index contributed by atoms with van der Waals surface area (Å²) in [4.78, 5) is 20.6. The first kappa shape index (κ1) is 14.1. The predicted molar refractivity (Wildman–Crippen MR) is 64.3 cm³/mol. The number of nitrogens with zero attached hydrogens (tertiary/aromatic N) is 1. The fourth-order valence-corrected chi connectivity index (χ4v) is 1.64. The first-order valence-electron chi connectivity index (χ1n) is 5.56.